The minimum Gasteiger partial charge on any atom is -0.350 e. The monoisotopic (exact) mass is 249 g/mol. The summed E-state index contributed by atoms with van der Waals surface area (Å²) in [4.78, 5) is 11.7. The summed E-state index contributed by atoms with van der Waals surface area (Å²) >= 11 is 0. The highest BCUT2D eigenvalue weighted by atomic mass is 19.1. The van der Waals surface area contributed by atoms with Crippen molar-refractivity contribution in [1.29, 1.82) is 0 Å². The van der Waals surface area contributed by atoms with Crippen molar-refractivity contribution in [2.45, 2.75) is 31.7 Å². The van der Waals surface area contributed by atoms with Gasteiger partial charge in [-0.1, -0.05) is 0 Å². The van der Waals surface area contributed by atoms with E-state index in [9.17, 15) is 13.6 Å². The Bertz CT molecular complexity index is 547. The number of benzene rings is 1. The van der Waals surface area contributed by atoms with Crippen molar-refractivity contribution in [3.05, 3.63) is 41.0 Å². The number of carbonyl (C=O) groups excluding carboxylic acids is 1. The summed E-state index contributed by atoms with van der Waals surface area (Å²) in [5, 5.41) is 2.84. The lowest BCUT2D eigenvalue weighted by Gasteiger charge is -2.03. The molecule has 1 amide bonds. The number of hydrogen-bond donors (Lipinski definition) is 1. The Morgan fingerprint density at radius 1 is 1.28 bits per heavy atom. The lowest BCUT2D eigenvalue weighted by atomic mass is 10.1. The summed E-state index contributed by atoms with van der Waals surface area (Å²) in [6.07, 6.45) is 4.64. The second-order valence-electron chi connectivity index (χ2n) is 4.87. The Morgan fingerprint density at radius 2 is 2.06 bits per heavy atom. The lowest BCUT2D eigenvalue weighted by Crippen LogP contribution is -2.23. The van der Waals surface area contributed by atoms with E-state index in [0.717, 1.165) is 24.5 Å². The lowest BCUT2D eigenvalue weighted by molar-refractivity contribution is -0.116. The largest absolute Gasteiger partial charge is 0.350 e. The van der Waals surface area contributed by atoms with Crippen LogP contribution in [0.2, 0.25) is 0 Å². The van der Waals surface area contributed by atoms with E-state index in [-0.39, 0.29) is 5.91 Å². The molecule has 18 heavy (non-hydrogen) atoms. The molecule has 0 unspecified atom stereocenters. The number of amides is 1. The average Bonchev–Trinajstić information content (AvgIpc) is 3.01. The molecule has 3 rings (SSSR count). The Hall–Kier alpha value is -1.71. The van der Waals surface area contributed by atoms with Gasteiger partial charge in [0.1, 0.15) is 11.6 Å². The smallest absolute Gasteiger partial charge is 0.244 e. The first kappa shape index (κ1) is 11.4. The van der Waals surface area contributed by atoms with E-state index < -0.39 is 11.6 Å². The molecule has 1 aromatic rings. The number of allylic oxidation sites excluding steroid dienone is 1. The summed E-state index contributed by atoms with van der Waals surface area (Å²) in [5.74, 6) is -1.28. The molecule has 0 radical (unpaired) electrons. The molecule has 0 aromatic heterocycles. The van der Waals surface area contributed by atoms with E-state index in [0.29, 0.717) is 30.0 Å². The molecule has 1 fully saturated rings. The SMILES string of the molecule is O=C(/C=C1/CCc2c(F)cc(F)cc21)NC1CC1. The minimum atomic E-state index is -0.596. The zero-order valence-corrected chi connectivity index (χ0v) is 9.80. The molecule has 0 heterocycles. The zero-order chi connectivity index (χ0) is 12.7. The van der Waals surface area contributed by atoms with E-state index in [1.165, 1.54) is 12.1 Å². The van der Waals surface area contributed by atoms with Gasteiger partial charge in [0.2, 0.25) is 5.91 Å². The van der Waals surface area contributed by atoms with Crippen LogP contribution < -0.4 is 5.32 Å². The molecular formula is C14H13F2NO. The van der Waals surface area contributed by atoms with Crippen LogP contribution in [0.25, 0.3) is 5.57 Å². The van der Waals surface area contributed by atoms with Gasteiger partial charge in [0.05, 0.1) is 0 Å². The molecule has 94 valence electrons. The Labute approximate surface area is 104 Å². The van der Waals surface area contributed by atoms with E-state index in [4.69, 9.17) is 0 Å². The molecular weight excluding hydrogens is 236 g/mol. The van der Waals surface area contributed by atoms with Crippen molar-refractivity contribution in [3.8, 4) is 0 Å². The second kappa shape index (κ2) is 4.19. The van der Waals surface area contributed by atoms with Gasteiger partial charge in [0.25, 0.3) is 0 Å². The van der Waals surface area contributed by atoms with Crippen LogP contribution in [0.4, 0.5) is 8.78 Å². The first-order valence-electron chi connectivity index (χ1n) is 6.13. The van der Waals surface area contributed by atoms with Crippen LogP contribution in [-0.2, 0) is 11.2 Å². The molecule has 2 aliphatic rings. The van der Waals surface area contributed by atoms with Gasteiger partial charge in [-0.05, 0) is 48.4 Å². The van der Waals surface area contributed by atoms with Crippen molar-refractivity contribution in [1.82, 2.24) is 5.32 Å². The number of fused-ring (bicyclic) bond motifs is 1. The standard InChI is InChI=1S/C14H13F2NO/c15-9-6-12-8(1-4-11(12)13(16)7-9)5-14(18)17-10-2-3-10/h5-7,10H,1-4H2,(H,17,18)/b8-5-. The maximum atomic E-state index is 13.5. The van der Waals surface area contributed by atoms with Gasteiger partial charge >= 0.3 is 0 Å². The molecule has 1 saturated carbocycles. The predicted molar refractivity (Wildman–Crippen MR) is 63.8 cm³/mol. The van der Waals surface area contributed by atoms with Crippen molar-refractivity contribution >= 4 is 11.5 Å². The Balaban J connectivity index is 1.88. The highest BCUT2D eigenvalue weighted by molar-refractivity contribution is 5.96. The van der Waals surface area contributed by atoms with E-state index in [1.807, 2.05) is 0 Å². The van der Waals surface area contributed by atoms with Gasteiger partial charge < -0.3 is 5.32 Å². The summed E-state index contributed by atoms with van der Waals surface area (Å²) < 4.78 is 26.7. The molecule has 0 atom stereocenters. The molecule has 1 aromatic carbocycles. The number of hydrogen-bond acceptors (Lipinski definition) is 1. The molecule has 0 spiro atoms. The van der Waals surface area contributed by atoms with Crippen molar-refractivity contribution < 1.29 is 13.6 Å². The summed E-state index contributed by atoms with van der Waals surface area (Å²) in [7, 11) is 0. The third-order valence-corrected chi connectivity index (χ3v) is 3.38. The summed E-state index contributed by atoms with van der Waals surface area (Å²) in [5.41, 5.74) is 1.78. The topological polar surface area (TPSA) is 29.1 Å². The van der Waals surface area contributed by atoms with Crippen LogP contribution in [0, 0.1) is 11.6 Å². The molecule has 2 nitrogen and oxygen atoms in total. The maximum absolute atomic E-state index is 13.5. The van der Waals surface area contributed by atoms with Crippen LogP contribution in [0.1, 0.15) is 30.4 Å². The molecule has 0 bridgehead atoms. The summed E-state index contributed by atoms with van der Waals surface area (Å²) in [6, 6.07) is 2.49. The van der Waals surface area contributed by atoms with Crippen molar-refractivity contribution in [2.24, 2.45) is 0 Å². The van der Waals surface area contributed by atoms with Crippen LogP contribution >= 0.6 is 0 Å². The quantitative estimate of drug-likeness (QED) is 0.802. The fourth-order valence-electron chi connectivity index (χ4n) is 2.32. The van der Waals surface area contributed by atoms with E-state index >= 15 is 0 Å². The van der Waals surface area contributed by atoms with Gasteiger partial charge in [-0.3, -0.25) is 4.79 Å². The van der Waals surface area contributed by atoms with Gasteiger partial charge in [0.15, 0.2) is 0 Å². The predicted octanol–water partition coefficient (Wildman–Crippen LogP) is 2.57. The summed E-state index contributed by atoms with van der Waals surface area (Å²) in [6.45, 7) is 0. The van der Waals surface area contributed by atoms with E-state index in [1.54, 1.807) is 0 Å². The fraction of sp³-hybridized carbons (Fsp3) is 0.357. The molecule has 4 heteroatoms. The van der Waals surface area contributed by atoms with Gasteiger partial charge in [-0.25, -0.2) is 8.78 Å². The number of nitrogens with one attached hydrogen (secondary N) is 1. The highest BCUT2D eigenvalue weighted by Crippen LogP contribution is 2.34. The van der Waals surface area contributed by atoms with Gasteiger partial charge in [0, 0.05) is 18.2 Å². The molecule has 0 saturated heterocycles. The maximum Gasteiger partial charge on any atom is 0.244 e. The first-order valence-corrected chi connectivity index (χ1v) is 6.13. The van der Waals surface area contributed by atoms with Crippen molar-refractivity contribution in [2.75, 3.05) is 0 Å². The van der Waals surface area contributed by atoms with Crippen LogP contribution in [-0.4, -0.2) is 11.9 Å². The normalized spacial score (nSPS) is 20.0. The van der Waals surface area contributed by atoms with Crippen LogP contribution in [0.15, 0.2) is 18.2 Å². The Morgan fingerprint density at radius 3 is 2.78 bits per heavy atom. The Kier molecular flexibility index (Phi) is 2.65. The fourth-order valence-corrected chi connectivity index (χ4v) is 2.32. The number of rotatable bonds is 2. The van der Waals surface area contributed by atoms with Crippen LogP contribution in [0.3, 0.4) is 0 Å². The molecule has 2 aliphatic carbocycles. The van der Waals surface area contributed by atoms with Gasteiger partial charge in [-0.2, -0.15) is 0 Å². The molecule has 0 aliphatic heterocycles. The van der Waals surface area contributed by atoms with Crippen molar-refractivity contribution in [3.63, 3.8) is 0 Å². The van der Waals surface area contributed by atoms with Gasteiger partial charge in [-0.15, -0.1) is 0 Å². The first-order chi connectivity index (χ1) is 8.63. The second-order valence-corrected chi connectivity index (χ2v) is 4.87. The number of carbonyl (C=O) groups is 1. The van der Waals surface area contributed by atoms with Crippen LogP contribution in [0.5, 0.6) is 0 Å². The molecule has 1 N–H and O–H groups in total. The average molecular weight is 249 g/mol. The third kappa shape index (κ3) is 2.15. The minimum absolute atomic E-state index is 0.162. The number of halogens is 2. The highest BCUT2D eigenvalue weighted by Gasteiger charge is 2.25. The van der Waals surface area contributed by atoms with E-state index in [2.05, 4.69) is 5.32 Å². The zero-order valence-electron chi connectivity index (χ0n) is 9.80. The third-order valence-electron chi connectivity index (χ3n) is 3.38.